The molecule has 1 aliphatic rings. The molecule has 0 saturated carbocycles. The van der Waals surface area contributed by atoms with Gasteiger partial charge >= 0.3 is 0 Å². The van der Waals surface area contributed by atoms with Crippen LogP contribution in [0.5, 0.6) is 0 Å². The van der Waals surface area contributed by atoms with Gasteiger partial charge in [0.1, 0.15) is 5.82 Å². The third-order valence-corrected chi connectivity index (χ3v) is 4.89. The second-order valence-corrected chi connectivity index (χ2v) is 6.79. The molecule has 0 atom stereocenters. The average Bonchev–Trinajstić information content (AvgIpc) is 2.63. The lowest BCUT2D eigenvalue weighted by molar-refractivity contribution is 0.175. The quantitative estimate of drug-likeness (QED) is 0.777. The number of likely N-dealkylation sites (tertiary alicyclic amines) is 1. The summed E-state index contributed by atoms with van der Waals surface area (Å²) in [5.74, 6) is 0.629. The van der Waals surface area contributed by atoms with Crippen LogP contribution in [0, 0.1) is 11.7 Å². The molecule has 1 aliphatic heterocycles. The highest BCUT2D eigenvalue weighted by atomic mass is 19.1. The fourth-order valence-electron chi connectivity index (χ4n) is 3.38. The zero-order valence-electron chi connectivity index (χ0n) is 14.3. The van der Waals surface area contributed by atoms with Crippen LogP contribution in [0.3, 0.4) is 0 Å². The van der Waals surface area contributed by atoms with Gasteiger partial charge in [0, 0.05) is 6.54 Å². The van der Waals surface area contributed by atoms with Crippen molar-refractivity contribution in [3.8, 4) is 0 Å². The Morgan fingerprint density at radius 2 is 1.62 bits per heavy atom. The molecule has 1 saturated heterocycles. The number of rotatable bonds is 7. The highest BCUT2D eigenvalue weighted by molar-refractivity contribution is 5.16. The molecule has 1 heterocycles. The van der Waals surface area contributed by atoms with Gasteiger partial charge in [0.15, 0.2) is 0 Å². The molecule has 24 heavy (non-hydrogen) atoms. The molecule has 0 bridgehead atoms. The summed E-state index contributed by atoms with van der Waals surface area (Å²) < 4.78 is 13.0. The van der Waals surface area contributed by atoms with Gasteiger partial charge in [-0.1, -0.05) is 42.5 Å². The first-order valence-corrected chi connectivity index (χ1v) is 9.01. The maximum Gasteiger partial charge on any atom is 0.123 e. The molecule has 2 aromatic carbocycles. The third kappa shape index (κ3) is 5.43. The zero-order valence-corrected chi connectivity index (χ0v) is 14.3. The van der Waals surface area contributed by atoms with Gasteiger partial charge in [0.2, 0.25) is 0 Å². The van der Waals surface area contributed by atoms with Crippen molar-refractivity contribution < 1.29 is 4.39 Å². The van der Waals surface area contributed by atoms with E-state index in [1.807, 2.05) is 12.1 Å². The van der Waals surface area contributed by atoms with Crippen molar-refractivity contribution in [2.75, 3.05) is 26.2 Å². The highest BCUT2D eigenvalue weighted by Crippen LogP contribution is 2.18. The lowest BCUT2D eigenvalue weighted by Gasteiger charge is -2.32. The lowest BCUT2D eigenvalue weighted by Crippen LogP contribution is -2.37. The van der Waals surface area contributed by atoms with E-state index in [0.29, 0.717) is 0 Å². The Bertz CT molecular complexity index is 589. The first-order valence-electron chi connectivity index (χ1n) is 9.01. The van der Waals surface area contributed by atoms with Crippen molar-refractivity contribution in [3.63, 3.8) is 0 Å². The maximum absolute atomic E-state index is 13.0. The van der Waals surface area contributed by atoms with Crippen LogP contribution in [0.2, 0.25) is 0 Å². The fraction of sp³-hybridized carbons (Fsp3) is 0.429. The molecule has 2 nitrogen and oxygen atoms in total. The van der Waals surface area contributed by atoms with E-state index >= 15 is 0 Å². The molecule has 2 aromatic rings. The van der Waals surface area contributed by atoms with E-state index in [0.717, 1.165) is 45.1 Å². The van der Waals surface area contributed by atoms with Gasteiger partial charge in [-0.2, -0.15) is 0 Å². The van der Waals surface area contributed by atoms with Crippen LogP contribution in [-0.4, -0.2) is 31.1 Å². The van der Waals surface area contributed by atoms with Gasteiger partial charge < -0.3 is 5.32 Å². The molecule has 3 rings (SSSR count). The summed E-state index contributed by atoms with van der Waals surface area (Å²) in [6, 6.07) is 17.6. The minimum absolute atomic E-state index is 0.154. The summed E-state index contributed by atoms with van der Waals surface area (Å²) in [6.45, 7) is 5.40. The third-order valence-electron chi connectivity index (χ3n) is 4.89. The maximum atomic E-state index is 13.0. The molecular weight excluding hydrogens is 299 g/mol. The number of halogens is 1. The topological polar surface area (TPSA) is 15.3 Å². The smallest absolute Gasteiger partial charge is 0.123 e. The summed E-state index contributed by atoms with van der Waals surface area (Å²) in [4.78, 5) is 2.48. The van der Waals surface area contributed by atoms with E-state index in [-0.39, 0.29) is 5.82 Å². The molecule has 1 fully saturated rings. The summed E-state index contributed by atoms with van der Waals surface area (Å²) >= 11 is 0. The Morgan fingerprint density at radius 1 is 0.917 bits per heavy atom. The molecule has 0 aromatic heterocycles. The van der Waals surface area contributed by atoms with Gasteiger partial charge in [-0.05, 0) is 74.6 Å². The predicted octanol–water partition coefficient (Wildman–Crippen LogP) is 3.87. The van der Waals surface area contributed by atoms with E-state index in [4.69, 9.17) is 0 Å². The monoisotopic (exact) mass is 326 g/mol. The Morgan fingerprint density at radius 3 is 2.33 bits per heavy atom. The van der Waals surface area contributed by atoms with E-state index in [9.17, 15) is 4.39 Å². The summed E-state index contributed by atoms with van der Waals surface area (Å²) in [5, 5.41) is 3.61. The standard InChI is InChI=1S/C21H27FN2/c22-21-8-6-20(7-9-21)17-24-14-11-19(12-15-24)16-23-13-10-18-4-2-1-3-5-18/h1-9,19,23H,10-17H2. The second-order valence-electron chi connectivity index (χ2n) is 6.79. The normalized spacial score (nSPS) is 16.4. The minimum atomic E-state index is -0.154. The Labute approximate surface area is 144 Å². The molecule has 3 heteroatoms. The van der Waals surface area contributed by atoms with Gasteiger partial charge in [-0.25, -0.2) is 4.39 Å². The number of benzene rings is 2. The number of piperidine rings is 1. The van der Waals surface area contributed by atoms with Gasteiger partial charge in [0.05, 0.1) is 0 Å². The first kappa shape index (κ1) is 17.1. The van der Waals surface area contributed by atoms with Gasteiger partial charge in [-0.3, -0.25) is 4.90 Å². The molecular formula is C21H27FN2. The fourth-order valence-corrected chi connectivity index (χ4v) is 3.38. The van der Waals surface area contributed by atoms with E-state index in [2.05, 4.69) is 40.5 Å². The van der Waals surface area contributed by atoms with Gasteiger partial charge in [0.25, 0.3) is 0 Å². The van der Waals surface area contributed by atoms with Crippen molar-refractivity contribution in [2.45, 2.75) is 25.8 Å². The van der Waals surface area contributed by atoms with Crippen LogP contribution in [0.4, 0.5) is 4.39 Å². The number of nitrogens with one attached hydrogen (secondary N) is 1. The van der Waals surface area contributed by atoms with Crippen molar-refractivity contribution in [1.82, 2.24) is 10.2 Å². The van der Waals surface area contributed by atoms with Crippen LogP contribution in [-0.2, 0) is 13.0 Å². The lowest BCUT2D eigenvalue weighted by atomic mass is 9.96. The molecule has 0 unspecified atom stereocenters. The summed E-state index contributed by atoms with van der Waals surface area (Å²) in [5.41, 5.74) is 2.61. The highest BCUT2D eigenvalue weighted by Gasteiger charge is 2.18. The predicted molar refractivity (Wildman–Crippen MR) is 97.4 cm³/mol. The van der Waals surface area contributed by atoms with Crippen LogP contribution >= 0.6 is 0 Å². The number of hydrogen-bond donors (Lipinski definition) is 1. The second kappa shape index (κ2) is 8.95. The van der Waals surface area contributed by atoms with E-state index < -0.39 is 0 Å². The van der Waals surface area contributed by atoms with Gasteiger partial charge in [-0.15, -0.1) is 0 Å². The molecule has 128 valence electrons. The van der Waals surface area contributed by atoms with Crippen molar-refractivity contribution in [3.05, 3.63) is 71.5 Å². The van der Waals surface area contributed by atoms with E-state index in [1.54, 1.807) is 12.1 Å². The SMILES string of the molecule is Fc1ccc(CN2CCC(CNCCc3ccccc3)CC2)cc1. The Balaban J connectivity index is 1.31. The molecule has 0 amide bonds. The molecule has 0 radical (unpaired) electrons. The largest absolute Gasteiger partial charge is 0.316 e. The van der Waals surface area contributed by atoms with Crippen molar-refractivity contribution in [1.29, 1.82) is 0 Å². The van der Waals surface area contributed by atoms with Crippen LogP contribution in [0.15, 0.2) is 54.6 Å². The number of hydrogen-bond acceptors (Lipinski definition) is 2. The average molecular weight is 326 g/mol. The Kier molecular flexibility index (Phi) is 6.39. The molecule has 0 spiro atoms. The van der Waals surface area contributed by atoms with Crippen molar-refractivity contribution >= 4 is 0 Å². The van der Waals surface area contributed by atoms with Crippen LogP contribution in [0.25, 0.3) is 0 Å². The summed E-state index contributed by atoms with van der Waals surface area (Å²) in [7, 11) is 0. The first-order chi connectivity index (χ1) is 11.8. The molecule has 0 aliphatic carbocycles. The minimum Gasteiger partial charge on any atom is -0.316 e. The van der Waals surface area contributed by atoms with Crippen LogP contribution in [0.1, 0.15) is 24.0 Å². The van der Waals surface area contributed by atoms with Crippen molar-refractivity contribution in [2.24, 2.45) is 5.92 Å². The summed E-state index contributed by atoms with van der Waals surface area (Å²) in [6.07, 6.45) is 3.60. The Hall–Kier alpha value is -1.71. The van der Waals surface area contributed by atoms with Crippen LogP contribution < -0.4 is 5.32 Å². The molecule has 1 N–H and O–H groups in total. The zero-order chi connectivity index (χ0) is 16.6. The van der Waals surface area contributed by atoms with E-state index in [1.165, 1.54) is 24.0 Å². The number of nitrogens with zero attached hydrogens (tertiary/aromatic N) is 1.